The number of hydrogen-bond acceptors (Lipinski definition) is 6. The number of nitrogens with two attached hydrogens (primary N) is 1. The Kier molecular flexibility index (Phi) is 7.95. The van der Waals surface area contributed by atoms with Crippen LogP contribution in [0.25, 0.3) is 11.0 Å². The molecule has 0 unspecified atom stereocenters. The van der Waals surface area contributed by atoms with Gasteiger partial charge in [0.05, 0.1) is 12.1 Å². The zero-order chi connectivity index (χ0) is 23.4. The molecule has 2 aliphatic rings. The molecular formula is C25H36ClN3O4. The Bertz CT molecular complexity index is 929. The number of hydrogen-bond donors (Lipinski definition) is 1. The molecule has 0 bridgehead atoms. The first kappa shape index (κ1) is 24.5. The van der Waals surface area contributed by atoms with Crippen molar-refractivity contribution in [2.45, 2.75) is 63.1 Å². The SMILES string of the molecule is COC(CC(N)=O)(OC)C1CCC(CCN2CCC(c3noc4cc(Cl)ccc34)CC2)CC1. The average molecular weight is 478 g/mol. The third-order valence-corrected chi connectivity index (χ3v) is 8.11. The molecule has 0 atom stereocenters. The molecule has 0 spiro atoms. The van der Waals surface area contributed by atoms with Crippen LogP contribution in [-0.2, 0) is 14.3 Å². The third-order valence-electron chi connectivity index (χ3n) is 7.87. The van der Waals surface area contributed by atoms with E-state index in [1.165, 1.54) is 6.42 Å². The van der Waals surface area contributed by atoms with E-state index in [1.807, 2.05) is 18.2 Å². The summed E-state index contributed by atoms with van der Waals surface area (Å²) in [5.74, 6) is 0.101. The van der Waals surface area contributed by atoms with E-state index in [-0.39, 0.29) is 18.2 Å². The zero-order valence-electron chi connectivity index (χ0n) is 19.7. The summed E-state index contributed by atoms with van der Waals surface area (Å²) in [6, 6.07) is 5.78. The van der Waals surface area contributed by atoms with Gasteiger partial charge in [0.15, 0.2) is 11.4 Å². The van der Waals surface area contributed by atoms with Crippen LogP contribution in [0.4, 0.5) is 0 Å². The first-order valence-corrected chi connectivity index (χ1v) is 12.5. The number of nitrogens with zero attached hydrogens (tertiary/aromatic N) is 2. The Morgan fingerprint density at radius 2 is 1.88 bits per heavy atom. The number of primary amides is 1. The Morgan fingerprint density at radius 3 is 2.52 bits per heavy atom. The van der Waals surface area contributed by atoms with E-state index in [0.717, 1.165) is 74.8 Å². The molecule has 1 aromatic carbocycles. The zero-order valence-corrected chi connectivity index (χ0v) is 20.5. The maximum absolute atomic E-state index is 11.5. The predicted octanol–water partition coefficient (Wildman–Crippen LogP) is 4.72. The van der Waals surface area contributed by atoms with Gasteiger partial charge in [0, 0.05) is 42.5 Å². The number of piperidine rings is 1. The Hall–Kier alpha value is -1.67. The van der Waals surface area contributed by atoms with E-state index in [9.17, 15) is 4.79 Å². The molecule has 182 valence electrons. The molecule has 1 aliphatic heterocycles. The van der Waals surface area contributed by atoms with Crippen LogP contribution in [0.1, 0.15) is 63.0 Å². The van der Waals surface area contributed by atoms with E-state index in [1.54, 1.807) is 14.2 Å². The van der Waals surface area contributed by atoms with Crippen LogP contribution in [0.2, 0.25) is 5.02 Å². The summed E-state index contributed by atoms with van der Waals surface area (Å²) in [5.41, 5.74) is 7.30. The van der Waals surface area contributed by atoms with Gasteiger partial charge in [0.2, 0.25) is 5.91 Å². The van der Waals surface area contributed by atoms with Crippen molar-refractivity contribution in [3.8, 4) is 0 Å². The summed E-state index contributed by atoms with van der Waals surface area (Å²) < 4.78 is 16.8. The maximum atomic E-state index is 11.5. The van der Waals surface area contributed by atoms with Crippen LogP contribution in [0, 0.1) is 11.8 Å². The lowest BCUT2D eigenvalue weighted by molar-refractivity contribution is -0.247. The van der Waals surface area contributed by atoms with E-state index in [4.69, 9.17) is 31.3 Å². The number of halogens is 1. The first-order valence-electron chi connectivity index (χ1n) is 12.1. The number of benzene rings is 1. The van der Waals surface area contributed by atoms with E-state index in [0.29, 0.717) is 16.9 Å². The molecule has 8 heteroatoms. The fourth-order valence-electron chi connectivity index (χ4n) is 5.86. The highest BCUT2D eigenvalue weighted by molar-refractivity contribution is 6.31. The lowest BCUT2D eigenvalue weighted by Gasteiger charge is -2.41. The molecular weight excluding hydrogens is 442 g/mol. The number of aromatic nitrogens is 1. The van der Waals surface area contributed by atoms with Crippen LogP contribution >= 0.6 is 11.6 Å². The molecule has 2 N–H and O–H groups in total. The van der Waals surface area contributed by atoms with Crippen LogP contribution in [0.5, 0.6) is 0 Å². The minimum Gasteiger partial charge on any atom is -0.370 e. The number of carbonyl (C=O) groups is 1. The normalized spacial score (nSPS) is 23.2. The fraction of sp³-hybridized carbons (Fsp3) is 0.680. The van der Waals surface area contributed by atoms with Crippen molar-refractivity contribution < 1.29 is 18.8 Å². The first-order chi connectivity index (χ1) is 15.9. The van der Waals surface area contributed by atoms with Gasteiger partial charge in [-0.25, -0.2) is 0 Å². The van der Waals surface area contributed by atoms with Gasteiger partial charge in [0.25, 0.3) is 0 Å². The second-order valence-electron chi connectivity index (χ2n) is 9.69. The summed E-state index contributed by atoms with van der Waals surface area (Å²) in [5, 5.41) is 6.13. The minimum atomic E-state index is -0.880. The van der Waals surface area contributed by atoms with E-state index < -0.39 is 5.79 Å². The van der Waals surface area contributed by atoms with Crippen molar-refractivity contribution in [3.05, 3.63) is 28.9 Å². The summed E-state index contributed by atoms with van der Waals surface area (Å²) in [4.78, 5) is 14.1. The van der Waals surface area contributed by atoms with Crippen molar-refractivity contribution in [3.63, 3.8) is 0 Å². The van der Waals surface area contributed by atoms with Crippen molar-refractivity contribution in [1.29, 1.82) is 0 Å². The van der Waals surface area contributed by atoms with Gasteiger partial charge in [-0.05, 0) is 82.6 Å². The van der Waals surface area contributed by atoms with Crippen molar-refractivity contribution in [2.24, 2.45) is 17.6 Å². The largest absolute Gasteiger partial charge is 0.370 e. The second-order valence-corrected chi connectivity index (χ2v) is 10.1. The number of ether oxygens (including phenoxy) is 2. The molecule has 7 nitrogen and oxygen atoms in total. The highest BCUT2D eigenvalue weighted by atomic mass is 35.5. The second kappa shape index (κ2) is 10.7. The quantitative estimate of drug-likeness (QED) is 0.525. The van der Waals surface area contributed by atoms with E-state index >= 15 is 0 Å². The minimum absolute atomic E-state index is 0.109. The van der Waals surface area contributed by atoms with Gasteiger partial charge in [-0.3, -0.25) is 4.79 Å². The molecule has 2 aromatic rings. The molecule has 1 saturated heterocycles. The monoisotopic (exact) mass is 477 g/mol. The number of likely N-dealkylation sites (tertiary alicyclic amines) is 1. The maximum Gasteiger partial charge on any atom is 0.222 e. The summed E-state index contributed by atoms with van der Waals surface area (Å²) in [7, 11) is 3.22. The lowest BCUT2D eigenvalue weighted by Crippen LogP contribution is -2.46. The molecule has 2 heterocycles. The van der Waals surface area contributed by atoms with Crippen LogP contribution in [0.15, 0.2) is 22.7 Å². The van der Waals surface area contributed by atoms with Crippen molar-refractivity contribution >= 4 is 28.5 Å². The van der Waals surface area contributed by atoms with Gasteiger partial charge < -0.3 is 24.6 Å². The molecule has 33 heavy (non-hydrogen) atoms. The summed E-state index contributed by atoms with van der Waals surface area (Å²) in [6.07, 6.45) is 7.83. The highest BCUT2D eigenvalue weighted by Gasteiger charge is 2.42. The molecule has 1 amide bonds. The van der Waals surface area contributed by atoms with Crippen molar-refractivity contribution in [2.75, 3.05) is 33.9 Å². The van der Waals surface area contributed by atoms with Crippen molar-refractivity contribution in [1.82, 2.24) is 10.1 Å². The van der Waals surface area contributed by atoms with Crippen LogP contribution in [-0.4, -0.2) is 55.6 Å². The number of amides is 1. The number of rotatable bonds is 9. The molecule has 4 rings (SSSR count). The predicted molar refractivity (Wildman–Crippen MR) is 128 cm³/mol. The fourth-order valence-corrected chi connectivity index (χ4v) is 6.02. The summed E-state index contributed by atoms with van der Waals surface area (Å²) >= 11 is 6.07. The average Bonchev–Trinajstić information content (AvgIpc) is 3.25. The third kappa shape index (κ3) is 5.53. The van der Waals surface area contributed by atoms with Gasteiger partial charge in [-0.2, -0.15) is 0 Å². The topological polar surface area (TPSA) is 90.8 Å². The lowest BCUT2D eigenvalue weighted by atomic mass is 9.75. The molecule has 2 fully saturated rings. The van der Waals surface area contributed by atoms with E-state index in [2.05, 4.69) is 10.1 Å². The molecule has 1 saturated carbocycles. The van der Waals surface area contributed by atoms with Gasteiger partial charge in [-0.1, -0.05) is 16.8 Å². The number of carbonyl (C=O) groups excluding carboxylic acids is 1. The Morgan fingerprint density at radius 1 is 1.18 bits per heavy atom. The Labute approximate surface area is 200 Å². The van der Waals surface area contributed by atoms with Crippen LogP contribution in [0.3, 0.4) is 0 Å². The molecule has 0 radical (unpaired) electrons. The molecule has 1 aliphatic carbocycles. The smallest absolute Gasteiger partial charge is 0.222 e. The highest BCUT2D eigenvalue weighted by Crippen LogP contribution is 2.41. The van der Waals surface area contributed by atoms with Gasteiger partial charge in [0.1, 0.15) is 0 Å². The molecule has 1 aromatic heterocycles. The van der Waals surface area contributed by atoms with Gasteiger partial charge in [-0.15, -0.1) is 0 Å². The van der Waals surface area contributed by atoms with Gasteiger partial charge >= 0.3 is 0 Å². The summed E-state index contributed by atoms with van der Waals surface area (Å²) in [6.45, 7) is 3.33. The number of fused-ring (bicyclic) bond motifs is 1. The van der Waals surface area contributed by atoms with Crippen LogP contribution < -0.4 is 5.73 Å². The Balaban J connectivity index is 1.22. The standard InChI is InChI=1S/C25H36ClN3O4/c1-31-25(32-2,16-23(27)30)19-5-3-17(4-6-19)9-12-29-13-10-18(11-14-29)24-21-8-7-20(26)15-22(21)33-28-24/h7-8,15,17-19H,3-6,9-14,16H2,1-2H3,(H2,27,30). The number of methoxy groups -OCH3 is 2.